The first kappa shape index (κ1) is 15.5. The Hall–Kier alpha value is -2.87. The van der Waals surface area contributed by atoms with Gasteiger partial charge in [0.05, 0.1) is 4.92 Å². The van der Waals surface area contributed by atoms with Gasteiger partial charge >= 0.3 is 5.69 Å². The molecule has 2 rings (SSSR count). The van der Waals surface area contributed by atoms with E-state index in [1.807, 2.05) is 0 Å². The van der Waals surface area contributed by atoms with Crippen molar-refractivity contribution in [2.24, 2.45) is 0 Å². The van der Waals surface area contributed by atoms with Crippen molar-refractivity contribution >= 4 is 40.6 Å². The van der Waals surface area contributed by atoms with Crippen molar-refractivity contribution in [3.05, 3.63) is 52.1 Å². The number of nitrogens with one attached hydrogen (secondary N) is 2. The van der Waals surface area contributed by atoms with Gasteiger partial charge in [0.15, 0.2) is 0 Å². The molecule has 0 atom stereocenters. The third-order valence-corrected chi connectivity index (χ3v) is 2.86. The first-order chi connectivity index (χ1) is 10.5. The van der Waals surface area contributed by atoms with Crippen LogP contribution in [0.25, 0.3) is 0 Å². The van der Waals surface area contributed by atoms with E-state index in [2.05, 4.69) is 27.2 Å². The van der Waals surface area contributed by atoms with Gasteiger partial charge in [-0.2, -0.15) is 9.97 Å². The normalized spacial score (nSPS) is 10.0. The summed E-state index contributed by atoms with van der Waals surface area (Å²) in [5.41, 5.74) is 5.85. The topological polar surface area (TPSA) is 119 Å². The predicted octanol–water partition coefficient (Wildman–Crippen LogP) is 2.96. The molecule has 114 valence electrons. The van der Waals surface area contributed by atoms with Crippen LogP contribution in [0, 0.1) is 10.1 Å². The van der Waals surface area contributed by atoms with Crippen LogP contribution in [0.3, 0.4) is 0 Å². The number of nitrogens with two attached hydrogens (primary N) is 1. The molecule has 0 saturated carbocycles. The molecule has 0 amide bonds. The van der Waals surface area contributed by atoms with Crippen molar-refractivity contribution in [3.8, 4) is 0 Å². The summed E-state index contributed by atoms with van der Waals surface area (Å²) in [6.45, 7) is 3.96. The first-order valence-electron chi connectivity index (χ1n) is 6.20. The van der Waals surface area contributed by atoms with Crippen molar-refractivity contribution in [1.82, 2.24) is 9.97 Å². The lowest BCUT2D eigenvalue weighted by Crippen LogP contribution is -2.10. The molecule has 0 aliphatic carbocycles. The van der Waals surface area contributed by atoms with E-state index in [1.54, 1.807) is 30.3 Å². The van der Waals surface area contributed by atoms with Crippen LogP contribution < -0.4 is 16.4 Å². The molecule has 0 bridgehead atoms. The molecular formula is C13H13ClN6O2. The summed E-state index contributed by atoms with van der Waals surface area (Å²) in [7, 11) is 0. The fourth-order valence-electron chi connectivity index (χ4n) is 1.65. The van der Waals surface area contributed by atoms with Crippen LogP contribution in [-0.2, 0) is 0 Å². The molecule has 8 nitrogen and oxygen atoms in total. The summed E-state index contributed by atoms with van der Waals surface area (Å²) in [5, 5.41) is 17.4. The number of rotatable bonds is 6. The van der Waals surface area contributed by atoms with E-state index in [4.69, 9.17) is 17.3 Å². The minimum Gasteiger partial charge on any atom is -0.378 e. The Kier molecular flexibility index (Phi) is 4.74. The van der Waals surface area contributed by atoms with E-state index < -0.39 is 4.92 Å². The molecule has 1 aromatic carbocycles. The van der Waals surface area contributed by atoms with Gasteiger partial charge in [0, 0.05) is 17.3 Å². The van der Waals surface area contributed by atoms with Crippen LogP contribution in [0.15, 0.2) is 36.9 Å². The van der Waals surface area contributed by atoms with E-state index in [1.165, 1.54) is 0 Å². The molecule has 2 aromatic rings. The lowest BCUT2D eigenvalue weighted by Gasteiger charge is -2.10. The second-order valence-electron chi connectivity index (χ2n) is 4.19. The van der Waals surface area contributed by atoms with E-state index in [-0.39, 0.29) is 23.3 Å². The maximum absolute atomic E-state index is 11.2. The zero-order chi connectivity index (χ0) is 16.1. The molecule has 0 aliphatic rings. The number of nitro groups is 1. The number of halogens is 1. The number of nitrogen functional groups attached to an aromatic ring is 1. The standard InChI is InChI=1S/C13H13ClN6O2/c1-2-7-16-13-18-11(15)10(20(21)22)12(19-13)17-9-5-3-8(14)4-6-9/h2-6H,1,7H2,(H4,15,16,17,18,19). The molecule has 0 aliphatic heterocycles. The molecule has 0 radical (unpaired) electrons. The fourth-order valence-corrected chi connectivity index (χ4v) is 1.78. The Bertz CT molecular complexity index is 704. The molecule has 1 heterocycles. The van der Waals surface area contributed by atoms with Gasteiger partial charge in [0.2, 0.25) is 17.6 Å². The zero-order valence-electron chi connectivity index (χ0n) is 11.4. The van der Waals surface area contributed by atoms with Crippen molar-refractivity contribution in [1.29, 1.82) is 0 Å². The lowest BCUT2D eigenvalue weighted by atomic mass is 10.3. The molecule has 0 saturated heterocycles. The number of anilines is 4. The van der Waals surface area contributed by atoms with Crippen LogP contribution in [0.5, 0.6) is 0 Å². The highest BCUT2D eigenvalue weighted by atomic mass is 35.5. The van der Waals surface area contributed by atoms with Crippen LogP contribution in [0.2, 0.25) is 5.02 Å². The summed E-state index contributed by atoms with van der Waals surface area (Å²) in [6.07, 6.45) is 1.60. The summed E-state index contributed by atoms with van der Waals surface area (Å²) in [6, 6.07) is 6.64. The third-order valence-electron chi connectivity index (χ3n) is 2.61. The van der Waals surface area contributed by atoms with Crippen LogP contribution in [0.4, 0.5) is 29.0 Å². The largest absolute Gasteiger partial charge is 0.378 e. The van der Waals surface area contributed by atoms with Crippen molar-refractivity contribution in [2.75, 3.05) is 22.9 Å². The smallest absolute Gasteiger partial charge is 0.353 e. The van der Waals surface area contributed by atoms with Gasteiger partial charge in [-0.15, -0.1) is 6.58 Å². The summed E-state index contributed by atoms with van der Waals surface area (Å²) < 4.78 is 0. The second kappa shape index (κ2) is 6.72. The van der Waals surface area contributed by atoms with Crippen molar-refractivity contribution in [2.45, 2.75) is 0 Å². The second-order valence-corrected chi connectivity index (χ2v) is 4.62. The minimum atomic E-state index is -0.634. The molecule has 0 fully saturated rings. The number of hydrogen-bond acceptors (Lipinski definition) is 7. The Morgan fingerprint density at radius 3 is 2.64 bits per heavy atom. The van der Waals surface area contributed by atoms with Gasteiger partial charge < -0.3 is 16.4 Å². The molecule has 4 N–H and O–H groups in total. The maximum Gasteiger partial charge on any atom is 0.353 e. The molecular weight excluding hydrogens is 308 g/mol. The van der Waals surface area contributed by atoms with E-state index >= 15 is 0 Å². The Morgan fingerprint density at radius 1 is 1.36 bits per heavy atom. The molecule has 22 heavy (non-hydrogen) atoms. The third kappa shape index (κ3) is 3.61. The number of nitrogens with zero attached hydrogens (tertiary/aromatic N) is 3. The van der Waals surface area contributed by atoms with Gasteiger partial charge in [-0.1, -0.05) is 17.7 Å². The SMILES string of the molecule is C=CCNc1nc(N)c([N+](=O)[O-])c(Nc2ccc(Cl)cc2)n1. The number of benzene rings is 1. The Labute approximate surface area is 131 Å². The highest BCUT2D eigenvalue weighted by Gasteiger charge is 2.23. The average Bonchev–Trinajstić information content (AvgIpc) is 2.46. The minimum absolute atomic E-state index is 0.00798. The molecule has 1 aromatic heterocycles. The molecule has 0 spiro atoms. The predicted molar refractivity (Wildman–Crippen MR) is 86.5 cm³/mol. The molecule has 0 unspecified atom stereocenters. The Morgan fingerprint density at radius 2 is 2.05 bits per heavy atom. The van der Waals surface area contributed by atoms with Crippen LogP contribution in [-0.4, -0.2) is 21.4 Å². The fraction of sp³-hybridized carbons (Fsp3) is 0.0769. The number of aromatic nitrogens is 2. The van der Waals surface area contributed by atoms with Gasteiger partial charge in [-0.3, -0.25) is 10.1 Å². The zero-order valence-corrected chi connectivity index (χ0v) is 12.2. The van der Waals surface area contributed by atoms with Crippen molar-refractivity contribution in [3.63, 3.8) is 0 Å². The van der Waals surface area contributed by atoms with Crippen LogP contribution in [0.1, 0.15) is 0 Å². The maximum atomic E-state index is 11.2. The highest BCUT2D eigenvalue weighted by molar-refractivity contribution is 6.30. The van der Waals surface area contributed by atoms with Gasteiger partial charge in [-0.25, -0.2) is 0 Å². The summed E-state index contributed by atoms with van der Waals surface area (Å²) in [4.78, 5) is 18.5. The van der Waals surface area contributed by atoms with Crippen molar-refractivity contribution < 1.29 is 4.92 Å². The van der Waals surface area contributed by atoms with Gasteiger partial charge in [-0.05, 0) is 24.3 Å². The quantitative estimate of drug-likeness (QED) is 0.425. The van der Waals surface area contributed by atoms with E-state index in [9.17, 15) is 10.1 Å². The lowest BCUT2D eigenvalue weighted by molar-refractivity contribution is -0.383. The first-order valence-corrected chi connectivity index (χ1v) is 6.58. The van der Waals surface area contributed by atoms with Crippen LogP contribution >= 0.6 is 11.6 Å². The summed E-state index contributed by atoms with van der Waals surface area (Å²) in [5.74, 6) is -0.0751. The highest BCUT2D eigenvalue weighted by Crippen LogP contribution is 2.31. The number of hydrogen-bond donors (Lipinski definition) is 3. The average molecular weight is 321 g/mol. The monoisotopic (exact) mass is 320 g/mol. The van der Waals surface area contributed by atoms with E-state index in [0.717, 1.165) is 0 Å². The van der Waals surface area contributed by atoms with Gasteiger partial charge in [0.25, 0.3) is 0 Å². The van der Waals surface area contributed by atoms with Gasteiger partial charge in [0.1, 0.15) is 0 Å². The Balaban J connectivity index is 2.41. The summed E-state index contributed by atoms with van der Waals surface area (Å²) >= 11 is 5.80. The molecule has 9 heteroatoms. The van der Waals surface area contributed by atoms with E-state index in [0.29, 0.717) is 17.3 Å².